The van der Waals surface area contributed by atoms with E-state index in [1.807, 2.05) is 4.90 Å². The van der Waals surface area contributed by atoms with Crippen LogP contribution in [-0.2, 0) is 16.0 Å². The molecule has 2 N–H and O–H groups in total. The molecule has 2 aliphatic rings. The van der Waals surface area contributed by atoms with Gasteiger partial charge in [0.25, 0.3) is 0 Å². The van der Waals surface area contributed by atoms with Crippen molar-refractivity contribution >= 4 is 11.8 Å². The van der Waals surface area contributed by atoms with Crippen molar-refractivity contribution in [2.45, 2.75) is 25.7 Å². The van der Waals surface area contributed by atoms with Crippen molar-refractivity contribution in [3.63, 3.8) is 0 Å². The van der Waals surface area contributed by atoms with Gasteiger partial charge in [0.15, 0.2) is 0 Å². The first-order chi connectivity index (χ1) is 9.72. The molecule has 0 bridgehead atoms. The molecule has 108 valence electrons. The van der Waals surface area contributed by atoms with E-state index in [0.29, 0.717) is 31.8 Å². The average Bonchev–Trinajstić information content (AvgIpc) is 2.94. The summed E-state index contributed by atoms with van der Waals surface area (Å²) in [5.74, 6) is 1.31. The highest BCUT2D eigenvalue weighted by Crippen LogP contribution is 2.31. The van der Waals surface area contributed by atoms with Crippen LogP contribution >= 0.6 is 0 Å². The van der Waals surface area contributed by atoms with Gasteiger partial charge in [0.1, 0.15) is 12.2 Å². The summed E-state index contributed by atoms with van der Waals surface area (Å²) < 4.78 is 0. The van der Waals surface area contributed by atoms with Gasteiger partial charge in [0.05, 0.1) is 5.92 Å². The maximum atomic E-state index is 12.0. The number of carbonyl (C=O) groups excluding carboxylic acids is 2. The van der Waals surface area contributed by atoms with Gasteiger partial charge in [-0.3, -0.25) is 14.7 Å². The molecule has 1 aliphatic heterocycles. The van der Waals surface area contributed by atoms with Gasteiger partial charge >= 0.3 is 0 Å². The van der Waals surface area contributed by atoms with Crippen molar-refractivity contribution < 1.29 is 9.59 Å². The molecule has 1 aromatic heterocycles. The van der Waals surface area contributed by atoms with Crippen LogP contribution in [0.1, 0.15) is 25.1 Å². The van der Waals surface area contributed by atoms with E-state index in [2.05, 4.69) is 20.5 Å². The fourth-order valence-electron chi connectivity index (χ4n) is 2.54. The molecule has 7 nitrogen and oxygen atoms in total. The minimum atomic E-state index is -0.198. The molecule has 3 rings (SSSR count). The van der Waals surface area contributed by atoms with Gasteiger partial charge in [-0.2, -0.15) is 5.10 Å². The third-order valence-electron chi connectivity index (χ3n) is 3.89. The molecule has 1 aliphatic carbocycles. The zero-order valence-electron chi connectivity index (χ0n) is 11.3. The lowest BCUT2D eigenvalue weighted by Crippen LogP contribution is -2.34. The number of hydrogen-bond donors (Lipinski definition) is 2. The van der Waals surface area contributed by atoms with Gasteiger partial charge in [0, 0.05) is 32.5 Å². The fourth-order valence-corrected chi connectivity index (χ4v) is 2.54. The number of rotatable bonds is 6. The molecule has 1 atom stereocenters. The Kier molecular flexibility index (Phi) is 3.66. The van der Waals surface area contributed by atoms with E-state index in [1.165, 1.54) is 19.2 Å². The SMILES string of the molecule is O=C(NCCc1ncn[nH]1)C1CC(=O)N(CC2CC2)C1. The lowest BCUT2D eigenvalue weighted by molar-refractivity contribution is -0.129. The van der Waals surface area contributed by atoms with Gasteiger partial charge in [-0.15, -0.1) is 0 Å². The van der Waals surface area contributed by atoms with Crippen LogP contribution in [0.15, 0.2) is 6.33 Å². The van der Waals surface area contributed by atoms with Gasteiger partial charge in [-0.1, -0.05) is 0 Å². The first kappa shape index (κ1) is 13.1. The summed E-state index contributed by atoms with van der Waals surface area (Å²) >= 11 is 0. The Bertz CT molecular complexity index is 483. The summed E-state index contributed by atoms with van der Waals surface area (Å²) in [5, 5.41) is 9.37. The van der Waals surface area contributed by atoms with Gasteiger partial charge in [-0.05, 0) is 18.8 Å². The number of H-pyrrole nitrogens is 1. The fraction of sp³-hybridized carbons (Fsp3) is 0.692. The standard InChI is InChI=1S/C13H19N5O2/c19-12-5-10(7-18(12)6-9-1-2-9)13(20)14-4-3-11-15-8-16-17-11/h8-10H,1-7H2,(H,14,20)(H,15,16,17). The van der Waals surface area contributed by atoms with E-state index in [-0.39, 0.29) is 17.7 Å². The van der Waals surface area contributed by atoms with Crippen LogP contribution in [-0.4, -0.2) is 51.5 Å². The number of hydrogen-bond acceptors (Lipinski definition) is 4. The van der Waals surface area contributed by atoms with Crippen LogP contribution in [0.5, 0.6) is 0 Å². The predicted molar refractivity (Wildman–Crippen MR) is 70.5 cm³/mol. The zero-order chi connectivity index (χ0) is 13.9. The Morgan fingerprint density at radius 3 is 3.05 bits per heavy atom. The summed E-state index contributed by atoms with van der Waals surface area (Å²) in [4.78, 5) is 29.7. The lowest BCUT2D eigenvalue weighted by atomic mass is 10.1. The normalized spacial score (nSPS) is 22.3. The van der Waals surface area contributed by atoms with E-state index in [4.69, 9.17) is 0 Å². The molecule has 2 fully saturated rings. The molecule has 0 aromatic carbocycles. The monoisotopic (exact) mass is 277 g/mol. The van der Waals surface area contributed by atoms with E-state index in [9.17, 15) is 9.59 Å². The van der Waals surface area contributed by atoms with Crippen LogP contribution < -0.4 is 5.32 Å². The van der Waals surface area contributed by atoms with Crippen molar-refractivity contribution in [1.82, 2.24) is 25.4 Å². The highest BCUT2D eigenvalue weighted by atomic mass is 16.2. The molecule has 1 saturated heterocycles. The average molecular weight is 277 g/mol. The molecule has 7 heteroatoms. The highest BCUT2D eigenvalue weighted by molar-refractivity contribution is 5.89. The second kappa shape index (κ2) is 5.60. The number of likely N-dealkylation sites (tertiary alicyclic amines) is 1. The van der Waals surface area contributed by atoms with E-state index < -0.39 is 0 Å². The van der Waals surface area contributed by atoms with Crippen LogP contribution in [0.2, 0.25) is 0 Å². The second-order valence-corrected chi connectivity index (χ2v) is 5.62. The van der Waals surface area contributed by atoms with Gasteiger partial charge < -0.3 is 10.2 Å². The predicted octanol–water partition coefficient (Wildman–Crippen LogP) is -0.278. The number of nitrogens with one attached hydrogen (secondary N) is 2. The summed E-state index contributed by atoms with van der Waals surface area (Å²) in [6.07, 6.45) is 4.86. The van der Waals surface area contributed by atoms with Gasteiger partial charge in [-0.25, -0.2) is 4.98 Å². The number of aromatic amines is 1. The summed E-state index contributed by atoms with van der Waals surface area (Å²) in [5.41, 5.74) is 0. The van der Waals surface area contributed by atoms with Crippen LogP contribution in [0.4, 0.5) is 0 Å². The molecule has 0 spiro atoms. The van der Waals surface area contributed by atoms with Crippen LogP contribution in [0.25, 0.3) is 0 Å². The zero-order valence-corrected chi connectivity index (χ0v) is 11.3. The van der Waals surface area contributed by atoms with Crippen molar-refractivity contribution in [3.8, 4) is 0 Å². The van der Waals surface area contributed by atoms with E-state index in [0.717, 1.165) is 12.4 Å². The molecule has 1 unspecified atom stereocenters. The van der Waals surface area contributed by atoms with E-state index in [1.54, 1.807) is 0 Å². The second-order valence-electron chi connectivity index (χ2n) is 5.62. The van der Waals surface area contributed by atoms with Crippen LogP contribution in [0, 0.1) is 11.8 Å². The molecular weight excluding hydrogens is 258 g/mol. The Balaban J connectivity index is 1.42. The minimum Gasteiger partial charge on any atom is -0.355 e. The largest absolute Gasteiger partial charge is 0.355 e. The molecule has 1 aromatic rings. The summed E-state index contributed by atoms with van der Waals surface area (Å²) in [6, 6.07) is 0. The van der Waals surface area contributed by atoms with Crippen LogP contribution in [0.3, 0.4) is 0 Å². The van der Waals surface area contributed by atoms with Gasteiger partial charge in [0.2, 0.25) is 11.8 Å². The Hall–Kier alpha value is -1.92. The summed E-state index contributed by atoms with van der Waals surface area (Å²) in [6.45, 7) is 1.92. The molecule has 2 heterocycles. The smallest absolute Gasteiger partial charge is 0.225 e. The number of amides is 2. The first-order valence-electron chi connectivity index (χ1n) is 7.12. The molecule has 0 radical (unpaired) electrons. The summed E-state index contributed by atoms with van der Waals surface area (Å²) in [7, 11) is 0. The number of aromatic nitrogens is 3. The quantitative estimate of drug-likeness (QED) is 0.748. The number of carbonyl (C=O) groups is 2. The Labute approximate surface area is 117 Å². The molecule has 1 saturated carbocycles. The van der Waals surface area contributed by atoms with E-state index >= 15 is 0 Å². The Morgan fingerprint density at radius 2 is 2.35 bits per heavy atom. The third-order valence-corrected chi connectivity index (χ3v) is 3.89. The maximum absolute atomic E-state index is 12.0. The van der Waals surface area contributed by atoms with Crippen molar-refractivity contribution in [2.75, 3.05) is 19.6 Å². The van der Waals surface area contributed by atoms with Crippen molar-refractivity contribution in [1.29, 1.82) is 0 Å². The highest BCUT2D eigenvalue weighted by Gasteiger charge is 2.36. The van der Waals surface area contributed by atoms with Crippen molar-refractivity contribution in [2.24, 2.45) is 11.8 Å². The molecule has 20 heavy (non-hydrogen) atoms. The maximum Gasteiger partial charge on any atom is 0.225 e. The van der Waals surface area contributed by atoms with Crippen molar-refractivity contribution in [3.05, 3.63) is 12.2 Å². The third kappa shape index (κ3) is 3.15. The molecule has 2 amide bonds. The lowest BCUT2D eigenvalue weighted by Gasteiger charge is -2.15. The molecular formula is C13H19N5O2. The Morgan fingerprint density at radius 1 is 1.50 bits per heavy atom. The first-order valence-corrected chi connectivity index (χ1v) is 7.12. The minimum absolute atomic E-state index is 0.0313. The topological polar surface area (TPSA) is 91.0 Å². The number of nitrogens with zero attached hydrogens (tertiary/aromatic N) is 3.